The molecular formula is C20H24N2O3. The molecule has 0 saturated carbocycles. The highest BCUT2D eigenvalue weighted by atomic mass is 16.5. The van der Waals surface area contributed by atoms with Gasteiger partial charge >= 0.3 is 5.97 Å². The molecule has 2 aliphatic rings. The number of nitrogens with one attached hydrogen (secondary N) is 1. The first-order chi connectivity index (χ1) is 12.1. The van der Waals surface area contributed by atoms with Crippen LogP contribution in [0.3, 0.4) is 0 Å². The number of carbonyl (C=O) groups is 2. The maximum Gasteiger partial charge on any atom is 0.336 e. The molecule has 1 aromatic heterocycles. The first-order valence-electron chi connectivity index (χ1n) is 8.94. The first kappa shape index (κ1) is 17.4. The average molecular weight is 340 g/mol. The van der Waals surface area contributed by atoms with Gasteiger partial charge in [0.25, 0.3) is 0 Å². The Bertz CT molecular complexity index is 735. The van der Waals surface area contributed by atoms with Crippen LogP contribution in [0.5, 0.6) is 0 Å². The van der Waals surface area contributed by atoms with Crippen molar-refractivity contribution >= 4 is 11.8 Å². The van der Waals surface area contributed by atoms with Gasteiger partial charge in [0.2, 0.25) is 0 Å². The Balaban J connectivity index is 2.02. The predicted molar refractivity (Wildman–Crippen MR) is 94.6 cm³/mol. The summed E-state index contributed by atoms with van der Waals surface area (Å²) in [5.41, 5.74) is 3.88. The van der Waals surface area contributed by atoms with E-state index in [1.54, 1.807) is 12.4 Å². The van der Waals surface area contributed by atoms with Crippen molar-refractivity contribution in [3.63, 3.8) is 0 Å². The van der Waals surface area contributed by atoms with Crippen molar-refractivity contribution in [2.45, 2.75) is 51.9 Å². The average Bonchev–Trinajstić information content (AvgIpc) is 2.61. The van der Waals surface area contributed by atoms with Crippen molar-refractivity contribution in [1.29, 1.82) is 0 Å². The normalized spacial score (nSPS) is 20.2. The summed E-state index contributed by atoms with van der Waals surface area (Å²) in [5.74, 6) is -0.603. The van der Waals surface area contributed by atoms with E-state index >= 15 is 0 Å². The molecule has 25 heavy (non-hydrogen) atoms. The summed E-state index contributed by atoms with van der Waals surface area (Å²) in [5, 5.41) is 3.29. The second-order valence-corrected chi connectivity index (χ2v) is 6.54. The summed E-state index contributed by atoms with van der Waals surface area (Å²) in [6.45, 7) is 4.33. The lowest BCUT2D eigenvalue weighted by atomic mass is 9.75. The van der Waals surface area contributed by atoms with E-state index in [9.17, 15) is 9.59 Å². The second-order valence-electron chi connectivity index (χ2n) is 6.54. The minimum absolute atomic E-state index is 0.113. The number of allylic oxidation sites excluding steroid dienone is 3. The molecule has 3 rings (SSSR count). The van der Waals surface area contributed by atoms with E-state index in [4.69, 9.17) is 4.74 Å². The Hall–Kier alpha value is -2.43. The van der Waals surface area contributed by atoms with Crippen molar-refractivity contribution in [1.82, 2.24) is 10.3 Å². The van der Waals surface area contributed by atoms with Gasteiger partial charge < -0.3 is 10.1 Å². The number of esters is 1. The van der Waals surface area contributed by atoms with Gasteiger partial charge in [-0.05, 0) is 43.9 Å². The Morgan fingerprint density at radius 1 is 1.32 bits per heavy atom. The fourth-order valence-electron chi connectivity index (χ4n) is 3.53. The van der Waals surface area contributed by atoms with E-state index in [1.807, 2.05) is 19.1 Å². The van der Waals surface area contributed by atoms with Crippen molar-refractivity contribution in [2.24, 2.45) is 0 Å². The van der Waals surface area contributed by atoms with E-state index in [-0.39, 0.29) is 17.7 Å². The van der Waals surface area contributed by atoms with Crippen molar-refractivity contribution in [3.8, 4) is 0 Å². The third-order valence-electron chi connectivity index (χ3n) is 4.77. The lowest BCUT2D eigenvalue weighted by Gasteiger charge is -2.34. The third-order valence-corrected chi connectivity index (χ3v) is 4.77. The lowest BCUT2D eigenvalue weighted by Crippen LogP contribution is -2.34. The molecule has 132 valence electrons. The molecule has 1 N–H and O–H groups in total. The summed E-state index contributed by atoms with van der Waals surface area (Å²) >= 11 is 0. The fraction of sp³-hybridized carbons (Fsp3) is 0.450. The molecule has 1 aromatic rings. The van der Waals surface area contributed by atoms with Crippen molar-refractivity contribution in [2.75, 3.05) is 6.61 Å². The van der Waals surface area contributed by atoms with E-state index < -0.39 is 0 Å². The Labute approximate surface area is 148 Å². The molecule has 0 radical (unpaired) electrons. The van der Waals surface area contributed by atoms with Gasteiger partial charge in [-0.15, -0.1) is 0 Å². The molecule has 0 spiro atoms. The van der Waals surface area contributed by atoms with E-state index in [0.29, 0.717) is 24.2 Å². The Morgan fingerprint density at radius 2 is 2.08 bits per heavy atom. The maximum atomic E-state index is 12.8. The van der Waals surface area contributed by atoms with Crippen LogP contribution in [-0.2, 0) is 14.3 Å². The third kappa shape index (κ3) is 3.50. The number of hydrogen-bond donors (Lipinski definition) is 1. The van der Waals surface area contributed by atoms with Gasteiger partial charge in [0.15, 0.2) is 5.78 Å². The van der Waals surface area contributed by atoms with Crippen LogP contribution in [0.2, 0.25) is 0 Å². The molecule has 0 bridgehead atoms. The van der Waals surface area contributed by atoms with Crippen LogP contribution < -0.4 is 5.32 Å². The van der Waals surface area contributed by atoms with Crippen molar-refractivity contribution < 1.29 is 14.3 Å². The molecule has 0 unspecified atom stereocenters. The molecule has 5 heteroatoms. The van der Waals surface area contributed by atoms with Crippen LogP contribution in [0, 0.1) is 0 Å². The molecule has 0 saturated heterocycles. The van der Waals surface area contributed by atoms with Gasteiger partial charge in [0.1, 0.15) is 0 Å². The summed E-state index contributed by atoms with van der Waals surface area (Å²) in [6.07, 6.45) is 7.39. The highest BCUT2D eigenvalue weighted by molar-refractivity contribution is 6.03. The van der Waals surface area contributed by atoms with Gasteiger partial charge in [-0.3, -0.25) is 9.78 Å². The standard InChI is InChI=1S/C20H24N2O3/c1-3-4-12-25-20(24)17-13(2)22-15-6-5-7-16(23)19(15)18(17)14-8-10-21-11-9-14/h8-11,18,22H,3-7,12H2,1-2H3/t18-/m1/s1. The Kier molecular flexibility index (Phi) is 5.31. The molecule has 1 aliphatic heterocycles. The number of hydrogen-bond acceptors (Lipinski definition) is 5. The zero-order valence-corrected chi connectivity index (χ0v) is 14.8. The molecule has 5 nitrogen and oxygen atoms in total. The minimum Gasteiger partial charge on any atom is -0.462 e. The number of unbranched alkanes of at least 4 members (excludes halogenated alkanes) is 1. The van der Waals surface area contributed by atoms with Crippen LogP contribution in [0.25, 0.3) is 0 Å². The van der Waals surface area contributed by atoms with Gasteiger partial charge in [-0.2, -0.15) is 0 Å². The van der Waals surface area contributed by atoms with Crippen LogP contribution in [-0.4, -0.2) is 23.3 Å². The van der Waals surface area contributed by atoms with Crippen molar-refractivity contribution in [3.05, 3.63) is 52.6 Å². The molecule has 0 aromatic carbocycles. The number of ether oxygens (including phenoxy) is 1. The zero-order chi connectivity index (χ0) is 17.8. The molecular weight excluding hydrogens is 316 g/mol. The highest BCUT2D eigenvalue weighted by Gasteiger charge is 2.38. The van der Waals surface area contributed by atoms with Gasteiger partial charge in [0.05, 0.1) is 12.2 Å². The number of dihydropyridines is 1. The maximum absolute atomic E-state index is 12.8. The number of aromatic nitrogens is 1. The van der Waals surface area contributed by atoms with E-state index in [0.717, 1.165) is 42.6 Å². The predicted octanol–water partition coefficient (Wildman–Crippen LogP) is 3.39. The van der Waals surface area contributed by atoms with Crippen LogP contribution in [0.1, 0.15) is 57.4 Å². The number of Topliss-reactive ketones (excluding diaryl/α,β-unsaturated/α-hetero) is 1. The number of ketones is 1. The second kappa shape index (κ2) is 7.64. The monoisotopic (exact) mass is 340 g/mol. The molecule has 1 aliphatic carbocycles. The largest absolute Gasteiger partial charge is 0.462 e. The molecule has 2 heterocycles. The van der Waals surface area contributed by atoms with E-state index in [2.05, 4.69) is 17.2 Å². The minimum atomic E-state index is -0.374. The van der Waals surface area contributed by atoms with Gasteiger partial charge in [-0.1, -0.05) is 13.3 Å². The van der Waals surface area contributed by atoms with Crippen LogP contribution >= 0.6 is 0 Å². The number of nitrogens with zero attached hydrogens (tertiary/aromatic N) is 1. The molecule has 0 amide bonds. The Morgan fingerprint density at radius 3 is 2.80 bits per heavy atom. The quantitative estimate of drug-likeness (QED) is 0.657. The number of rotatable bonds is 5. The molecule has 1 atom stereocenters. The lowest BCUT2D eigenvalue weighted by molar-refractivity contribution is -0.139. The fourth-order valence-corrected chi connectivity index (χ4v) is 3.53. The van der Waals surface area contributed by atoms with Gasteiger partial charge in [-0.25, -0.2) is 4.79 Å². The molecule has 0 fully saturated rings. The smallest absolute Gasteiger partial charge is 0.336 e. The number of pyridine rings is 1. The van der Waals surface area contributed by atoms with Crippen LogP contribution in [0.15, 0.2) is 47.1 Å². The number of carbonyl (C=O) groups excluding carboxylic acids is 2. The van der Waals surface area contributed by atoms with E-state index in [1.165, 1.54) is 0 Å². The SMILES string of the molecule is CCCCOC(=O)C1=C(C)NC2=C(C(=O)CCC2)[C@@H]1c1ccncc1. The highest BCUT2D eigenvalue weighted by Crippen LogP contribution is 2.42. The topological polar surface area (TPSA) is 68.3 Å². The zero-order valence-electron chi connectivity index (χ0n) is 14.8. The van der Waals surface area contributed by atoms with Gasteiger partial charge in [0, 0.05) is 41.7 Å². The summed E-state index contributed by atoms with van der Waals surface area (Å²) in [6, 6.07) is 3.74. The summed E-state index contributed by atoms with van der Waals surface area (Å²) < 4.78 is 5.47. The summed E-state index contributed by atoms with van der Waals surface area (Å²) in [7, 11) is 0. The first-order valence-corrected chi connectivity index (χ1v) is 8.94. The van der Waals surface area contributed by atoms with Crippen LogP contribution in [0.4, 0.5) is 0 Å². The summed E-state index contributed by atoms with van der Waals surface area (Å²) in [4.78, 5) is 29.5.